The molecule has 1 aliphatic carbocycles. The molecular formula is C24H27F2N5O2S. The van der Waals surface area contributed by atoms with Gasteiger partial charge in [0.25, 0.3) is 0 Å². The monoisotopic (exact) mass is 487 g/mol. The zero-order valence-electron chi connectivity index (χ0n) is 18.7. The topological polar surface area (TPSA) is 86.3 Å². The van der Waals surface area contributed by atoms with Crippen molar-refractivity contribution in [2.75, 3.05) is 11.6 Å². The molecule has 0 unspecified atom stereocenters. The van der Waals surface area contributed by atoms with Gasteiger partial charge in [-0.2, -0.15) is 0 Å². The first-order valence-electron chi connectivity index (χ1n) is 11.2. The van der Waals surface area contributed by atoms with E-state index in [4.69, 9.17) is 10.6 Å². The zero-order chi connectivity index (χ0) is 23.9. The van der Waals surface area contributed by atoms with E-state index >= 15 is 0 Å². The van der Waals surface area contributed by atoms with Gasteiger partial charge in [0.1, 0.15) is 12.4 Å². The molecular weight excluding hydrogens is 460 g/mol. The maximum atomic E-state index is 13.7. The van der Waals surface area contributed by atoms with Crippen LogP contribution < -0.4 is 10.6 Å². The summed E-state index contributed by atoms with van der Waals surface area (Å²) in [6, 6.07) is 12.5. The van der Waals surface area contributed by atoms with Gasteiger partial charge in [0.05, 0.1) is 5.75 Å². The molecule has 4 rings (SSSR count). The number of para-hydroxylation sites is 1. The van der Waals surface area contributed by atoms with Crippen molar-refractivity contribution in [3.63, 3.8) is 0 Å². The summed E-state index contributed by atoms with van der Waals surface area (Å²) in [5.74, 6) is 5.82. The summed E-state index contributed by atoms with van der Waals surface area (Å²) >= 11 is 1.19. The highest BCUT2D eigenvalue weighted by Gasteiger charge is 2.26. The molecule has 1 amide bonds. The Morgan fingerprint density at radius 2 is 1.82 bits per heavy atom. The average molecular weight is 488 g/mol. The van der Waals surface area contributed by atoms with Crippen LogP contribution in [0.2, 0.25) is 0 Å². The molecule has 0 atom stereocenters. The highest BCUT2D eigenvalue weighted by molar-refractivity contribution is 7.99. The molecule has 0 bridgehead atoms. The Morgan fingerprint density at radius 3 is 2.56 bits per heavy atom. The van der Waals surface area contributed by atoms with E-state index in [9.17, 15) is 13.6 Å². The highest BCUT2D eigenvalue weighted by Crippen LogP contribution is 2.26. The van der Waals surface area contributed by atoms with Gasteiger partial charge < -0.3 is 15.5 Å². The molecule has 1 fully saturated rings. The van der Waals surface area contributed by atoms with Crippen LogP contribution in [0.15, 0.2) is 53.7 Å². The number of hydrogen-bond acceptors (Lipinski definition) is 6. The third kappa shape index (κ3) is 6.05. The summed E-state index contributed by atoms with van der Waals surface area (Å²) in [5, 5.41) is 8.43. The number of amides is 1. The summed E-state index contributed by atoms with van der Waals surface area (Å²) in [7, 11) is 0. The second-order valence-electron chi connectivity index (χ2n) is 8.22. The van der Waals surface area contributed by atoms with Crippen LogP contribution >= 0.6 is 11.8 Å². The van der Waals surface area contributed by atoms with Crippen LogP contribution in [0.4, 0.5) is 8.78 Å². The fraction of sp³-hybridized carbons (Fsp3) is 0.375. The average Bonchev–Trinajstić information content (AvgIpc) is 3.21. The maximum Gasteiger partial charge on any atom is 0.233 e. The van der Waals surface area contributed by atoms with Gasteiger partial charge in [-0.15, -0.1) is 10.2 Å². The molecule has 0 saturated heterocycles. The first kappa shape index (κ1) is 24.0. The van der Waals surface area contributed by atoms with E-state index in [1.807, 2.05) is 4.90 Å². The highest BCUT2D eigenvalue weighted by atomic mass is 32.2. The lowest BCUT2D eigenvalue weighted by Gasteiger charge is -2.34. The van der Waals surface area contributed by atoms with Crippen LogP contribution in [0.25, 0.3) is 0 Å². The van der Waals surface area contributed by atoms with Gasteiger partial charge in [-0.25, -0.2) is 13.5 Å². The van der Waals surface area contributed by atoms with Gasteiger partial charge in [0.15, 0.2) is 17.4 Å². The number of benzene rings is 2. The van der Waals surface area contributed by atoms with Crippen molar-refractivity contribution in [2.24, 2.45) is 0 Å². The second kappa shape index (κ2) is 11.3. The van der Waals surface area contributed by atoms with Crippen LogP contribution in [0.5, 0.6) is 5.75 Å². The minimum atomic E-state index is -0.477. The van der Waals surface area contributed by atoms with Gasteiger partial charge in [-0.05, 0) is 42.7 Å². The number of hydrogen-bond donors (Lipinski definition) is 1. The summed E-state index contributed by atoms with van der Waals surface area (Å²) in [6.45, 7) is 0.374. The lowest BCUT2D eigenvalue weighted by molar-refractivity contribution is -0.132. The summed E-state index contributed by atoms with van der Waals surface area (Å²) in [6.07, 6.45) is 5.28. The minimum Gasteiger partial charge on any atom is -0.482 e. The van der Waals surface area contributed by atoms with Crippen molar-refractivity contribution in [3.8, 4) is 5.75 Å². The zero-order valence-corrected chi connectivity index (χ0v) is 19.5. The Bertz CT molecular complexity index is 1100. The SMILES string of the molecule is Nn1c(COc2ccccc2F)nnc1SCC(=O)N(Cc1ccc(F)cc1)C1CCCCC1. The molecule has 0 radical (unpaired) electrons. The number of aromatic nitrogens is 3. The molecule has 7 nitrogen and oxygen atoms in total. The Kier molecular flexibility index (Phi) is 7.99. The Hall–Kier alpha value is -3.14. The van der Waals surface area contributed by atoms with E-state index in [0.29, 0.717) is 17.5 Å². The molecule has 180 valence electrons. The molecule has 1 saturated carbocycles. The van der Waals surface area contributed by atoms with Gasteiger partial charge in [-0.1, -0.05) is 55.3 Å². The summed E-state index contributed by atoms with van der Waals surface area (Å²) in [4.78, 5) is 15.1. The van der Waals surface area contributed by atoms with E-state index in [1.54, 1.807) is 24.3 Å². The van der Waals surface area contributed by atoms with Crippen LogP contribution in [0, 0.1) is 11.6 Å². The number of ether oxygens (including phenoxy) is 1. The smallest absolute Gasteiger partial charge is 0.233 e. The molecule has 1 aliphatic rings. The number of nitrogen functional groups attached to an aromatic ring is 1. The van der Waals surface area contributed by atoms with Crippen LogP contribution in [0.1, 0.15) is 43.5 Å². The first-order valence-corrected chi connectivity index (χ1v) is 12.2. The molecule has 1 heterocycles. The van der Waals surface area contributed by atoms with Gasteiger partial charge >= 0.3 is 0 Å². The predicted octanol–water partition coefficient (Wildman–Crippen LogP) is 4.30. The van der Waals surface area contributed by atoms with Gasteiger partial charge in [0.2, 0.25) is 11.1 Å². The summed E-state index contributed by atoms with van der Waals surface area (Å²) in [5.41, 5.74) is 0.889. The van der Waals surface area contributed by atoms with Crippen molar-refractivity contribution in [3.05, 3.63) is 71.6 Å². The van der Waals surface area contributed by atoms with Crippen LogP contribution in [0.3, 0.4) is 0 Å². The number of thioether (sulfide) groups is 1. The minimum absolute atomic E-state index is 0.0339. The van der Waals surface area contributed by atoms with Crippen molar-refractivity contribution in [2.45, 2.75) is 56.5 Å². The Labute approximate surface area is 201 Å². The molecule has 2 N–H and O–H groups in total. The Morgan fingerprint density at radius 1 is 1.09 bits per heavy atom. The van der Waals surface area contributed by atoms with Crippen molar-refractivity contribution < 1.29 is 18.3 Å². The fourth-order valence-electron chi connectivity index (χ4n) is 4.02. The molecule has 10 heteroatoms. The standard InChI is InChI=1S/C24H27F2N5O2S/c25-18-12-10-17(11-13-18)14-30(19-6-2-1-3-7-19)23(32)16-34-24-29-28-22(31(24)27)15-33-21-9-5-4-8-20(21)26/h4-5,8-13,19H,1-3,6-7,14-16,27H2. The van der Waals surface area contributed by atoms with Gasteiger partial charge in [0, 0.05) is 12.6 Å². The predicted molar refractivity (Wildman–Crippen MR) is 125 cm³/mol. The molecule has 3 aromatic rings. The van der Waals surface area contributed by atoms with Crippen molar-refractivity contribution in [1.82, 2.24) is 19.8 Å². The van der Waals surface area contributed by atoms with Crippen molar-refractivity contribution >= 4 is 17.7 Å². The number of nitrogens with two attached hydrogens (primary N) is 1. The number of halogens is 2. The lowest BCUT2D eigenvalue weighted by atomic mass is 9.94. The van der Waals surface area contributed by atoms with Crippen LogP contribution in [-0.2, 0) is 17.9 Å². The molecule has 34 heavy (non-hydrogen) atoms. The fourth-order valence-corrected chi connectivity index (χ4v) is 4.78. The third-order valence-electron chi connectivity index (χ3n) is 5.86. The van der Waals surface area contributed by atoms with Crippen molar-refractivity contribution in [1.29, 1.82) is 0 Å². The van der Waals surface area contributed by atoms with E-state index in [2.05, 4.69) is 10.2 Å². The normalized spacial score (nSPS) is 14.2. The second-order valence-corrected chi connectivity index (χ2v) is 9.16. The van der Waals surface area contributed by atoms with E-state index in [1.165, 1.54) is 47.1 Å². The molecule has 2 aromatic carbocycles. The van der Waals surface area contributed by atoms with E-state index in [0.717, 1.165) is 31.2 Å². The van der Waals surface area contributed by atoms with Gasteiger partial charge in [-0.3, -0.25) is 4.79 Å². The quantitative estimate of drug-likeness (QED) is 0.358. The first-order chi connectivity index (χ1) is 16.5. The maximum absolute atomic E-state index is 13.7. The summed E-state index contributed by atoms with van der Waals surface area (Å²) < 4.78 is 33.8. The molecule has 0 aliphatic heterocycles. The Balaban J connectivity index is 1.38. The number of carbonyl (C=O) groups excluding carboxylic acids is 1. The molecule has 1 aromatic heterocycles. The van der Waals surface area contributed by atoms with E-state index in [-0.39, 0.29) is 35.9 Å². The third-order valence-corrected chi connectivity index (χ3v) is 6.78. The molecule has 0 spiro atoms. The largest absolute Gasteiger partial charge is 0.482 e. The number of rotatable bonds is 9. The number of carbonyl (C=O) groups is 1. The van der Waals surface area contributed by atoms with Crippen LogP contribution in [-0.4, -0.2) is 37.5 Å². The lowest BCUT2D eigenvalue weighted by Crippen LogP contribution is -2.42. The van der Waals surface area contributed by atoms with E-state index < -0.39 is 5.82 Å². The number of nitrogens with zero attached hydrogens (tertiary/aromatic N) is 4.